The first-order valence-corrected chi connectivity index (χ1v) is 11.1. The summed E-state index contributed by atoms with van der Waals surface area (Å²) in [6.07, 6.45) is 1.54. The number of fused-ring (bicyclic) bond motifs is 1. The van der Waals surface area contributed by atoms with Crippen LogP contribution in [0.3, 0.4) is 0 Å². The fourth-order valence-electron chi connectivity index (χ4n) is 3.54. The van der Waals surface area contributed by atoms with Crippen LogP contribution in [0.15, 0.2) is 96.1 Å². The minimum absolute atomic E-state index is 0.0303. The van der Waals surface area contributed by atoms with Gasteiger partial charge in [0.1, 0.15) is 5.75 Å². The van der Waals surface area contributed by atoms with Crippen molar-refractivity contribution < 1.29 is 14.3 Å². The number of hydrogen-bond acceptors (Lipinski definition) is 4. The molecule has 0 radical (unpaired) electrons. The molecule has 0 heterocycles. The van der Waals surface area contributed by atoms with Crippen molar-refractivity contribution in [1.82, 2.24) is 5.43 Å². The molecule has 0 fully saturated rings. The largest absolute Gasteiger partial charge is 0.423 e. The molecule has 0 atom stereocenters. The van der Waals surface area contributed by atoms with Gasteiger partial charge >= 0.3 is 5.97 Å². The third-order valence-electron chi connectivity index (χ3n) is 5.49. The summed E-state index contributed by atoms with van der Waals surface area (Å²) < 4.78 is 5.54. The zero-order chi connectivity index (χ0) is 24.1. The van der Waals surface area contributed by atoms with Crippen LogP contribution in [-0.2, 0) is 5.41 Å². The number of carbonyl (C=O) groups excluding carboxylic acids is 2. The number of ether oxygens (including phenoxy) is 1. The highest BCUT2D eigenvalue weighted by atomic mass is 16.5. The van der Waals surface area contributed by atoms with Crippen LogP contribution in [-0.4, -0.2) is 18.1 Å². The van der Waals surface area contributed by atoms with Gasteiger partial charge in [0.15, 0.2) is 0 Å². The SMILES string of the molecule is CC(C)(C)c1ccc(C(=O)N/N=C/c2ccc(OC(=O)c3cccc4ccccc34)cc2)cc1. The van der Waals surface area contributed by atoms with Gasteiger partial charge in [-0.3, -0.25) is 4.79 Å². The van der Waals surface area contributed by atoms with E-state index in [2.05, 4.69) is 31.3 Å². The highest BCUT2D eigenvalue weighted by Crippen LogP contribution is 2.23. The summed E-state index contributed by atoms with van der Waals surface area (Å²) in [6.45, 7) is 6.38. The van der Waals surface area contributed by atoms with Crippen LogP contribution in [0.5, 0.6) is 5.75 Å². The lowest BCUT2D eigenvalue weighted by Crippen LogP contribution is -2.18. The fourth-order valence-corrected chi connectivity index (χ4v) is 3.54. The summed E-state index contributed by atoms with van der Waals surface area (Å²) in [5, 5.41) is 5.86. The Morgan fingerprint density at radius 3 is 2.21 bits per heavy atom. The van der Waals surface area contributed by atoms with E-state index in [1.54, 1.807) is 42.5 Å². The average molecular weight is 451 g/mol. The van der Waals surface area contributed by atoms with Crippen LogP contribution in [0.25, 0.3) is 10.8 Å². The zero-order valence-corrected chi connectivity index (χ0v) is 19.4. The number of nitrogens with one attached hydrogen (secondary N) is 1. The lowest BCUT2D eigenvalue weighted by molar-refractivity contribution is 0.0736. The summed E-state index contributed by atoms with van der Waals surface area (Å²) in [6, 6.07) is 27.7. The van der Waals surface area contributed by atoms with Crippen molar-refractivity contribution in [2.75, 3.05) is 0 Å². The summed E-state index contributed by atoms with van der Waals surface area (Å²) in [7, 11) is 0. The highest BCUT2D eigenvalue weighted by molar-refractivity contribution is 6.05. The molecule has 5 nitrogen and oxygen atoms in total. The second kappa shape index (κ2) is 9.71. The van der Waals surface area contributed by atoms with Crippen molar-refractivity contribution in [1.29, 1.82) is 0 Å². The number of benzene rings is 4. The Morgan fingerprint density at radius 2 is 1.50 bits per heavy atom. The van der Waals surface area contributed by atoms with Crippen LogP contribution in [0, 0.1) is 0 Å². The van der Waals surface area contributed by atoms with Crippen molar-refractivity contribution in [3.05, 3.63) is 113 Å². The lowest BCUT2D eigenvalue weighted by Gasteiger charge is -2.18. The maximum Gasteiger partial charge on any atom is 0.344 e. The summed E-state index contributed by atoms with van der Waals surface area (Å²) in [4.78, 5) is 25.0. The topological polar surface area (TPSA) is 67.8 Å². The third-order valence-corrected chi connectivity index (χ3v) is 5.49. The van der Waals surface area contributed by atoms with Crippen molar-refractivity contribution >= 4 is 28.9 Å². The highest BCUT2D eigenvalue weighted by Gasteiger charge is 2.14. The fraction of sp³-hybridized carbons (Fsp3) is 0.138. The van der Waals surface area contributed by atoms with Crippen LogP contribution >= 0.6 is 0 Å². The molecule has 0 aliphatic carbocycles. The van der Waals surface area contributed by atoms with Gasteiger partial charge in [0, 0.05) is 5.56 Å². The van der Waals surface area contributed by atoms with Gasteiger partial charge in [-0.05, 0) is 69.8 Å². The van der Waals surface area contributed by atoms with Crippen LogP contribution in [0.2, 0.25) is 0 Å². The number of amides is 1. The normalized spacial score (nSPS) is 11.5. The van der Waals surface area contributed by atoms with E-state index >= 15 is 0 Å². The van der Waals surface area contributed by atoms with Gasteiger partial charge in [-0.25, -0.2) is 10.2 Å². The number of rotatable bonds is 5. The Balaban J connectivity index is 1.36. The molecule has 0 aliphatic heterocycles. The van der Waals surface area contributed by atoms with Crippen LogP contribution in [0.4, 0.5) is 0 Å². The summed E-state index contributed by atoms with van der Waals surface area (Å²) in [5.74, 6) is -0.265. The molecule has 1 N–H and O–H groups in total. The van der Waals surface area contributed by atoms with Gasteiger partial charge in [-0.1, -0.05) is 69.3 Å². The Morgan fingerprint density at radius 1 is 0.824 bits per heavy atom. The van der Waals surface area contributed by atoms with Crippen molar-refractivity contribution in [3.63, 3.8) is 0 Å². The molecule has 0 spiro atoms. The molecule has 0 aromatic heterocycles. The molecule has 0 saturated carbocycles. The van der Waals surface area contributed by atoms with E-state index in [1.807, 2.05) is 48.5 Å². The Kier molecular flexibility index (Phi) is 6.55. The number of nitrogens with zero attached hydrogens (tertiary/aromatic N) is 1. The minimum atomic E-state index is -0.414. The molecule has 170 valence electrons. The van der Waals surface area contributed by atoms with E-state index < -0.39 is 5.97 Å². The first-order valence-electron chi connectivity index (χ1n) is 11.1. The van der Waals surface area contributed by atoms with E-state index in [0.29, 0.717) is 16.9 Å². The molecular weight excluding hydrogens is 424 g/mol. The maximum atomic E-state index is 12.7. The Hall–Kier alpha value is -4.25. The minimum Gasteiger partial charge on any atom is -0.423 e. The van der Waals surface area contributed by atoms with Crippen molar-refractivity contribution in [2.45, 2.75) is 26.2 Å². The quantitative estimate of drug-likeness (QED) is 0.172. The molecule has 0 aliphatic rings. The molecule has 0 unspecified atom stereocenters. The predicted molar refractivity (Wildman–Crippen MR) is 136 cm³/mol. The van der Waals surface area contributed by atoms with E-state index in [1.165, 1.54) is 6.21 Å². The smallest absolute Gasteiger partial charge is 0.344 e. The monoisotopic (exact) mass is 450 g/mol. The second-order valence-corrected chi connectivity index (χ2v) is 9.01. The molecule has 34 heavy (non-hydrogen) atoms. The van der Waals surface area contributed by atoms with E-state index in [-0.39, 0.29) is 11.3 Å². The first-order chi connectivity index (χ1) is 16.3. The van der Waals surface area contributed by atoms with E-state index in [4.69, 9.17) is 4.74 Å². The number of hydrazone groups is 1. The second-order valence-electron chi connectivity index (χ2n) is 9.01. The molecule has 4 rings (SSSR count). The molecule has 4 aromatic rings. The van der Waals surface area contributed by atoms with Crippen LogP contribution < -0.4 is 10.2 Å². The molecule has 0 bridgehead atoms. The predicted octanol–water partition coefficient (Wildman–Crippen LogP) is 6.12. The van der Waals surface area contributed by atoms with Gasteiger partial charge in [0.2, 0.25) is 0 Å². The van der Waals surface area contributed by atoms with Gasteiger partial charge in [-0.2, -0.15) is 5.10 Å². The molecular formula is C29H26N2O3. The standard InChI is InChI=1S/C29H26N2O3/c1-29(2,3)23-15-13-22(14-16-23)27(32)31-30-19-20-11-17-24(18-12-20)34-28(33)26-10-6-8-21-7-4-5-9-25(21)26/h4-19H,1-3H3,(H,31,32)/b30-19+. The molecule has 4 aromatic carbocycles. The zero-order valence-electron chi connectivity index (χ0n) is 19.4. The van der Waals surface area contributed by atoms with Gasteiger partial charge in [0.25, 0.3) is 5.91 Å². The molecule has 5 heteroatoms. The van der Waals surface area contributed by atoms with Gasteiger partial charge in [-0.15, -0.1) is 0 Å². The Bertz CT molecular complexity index is 1340. The Labute approximate surface area is 199 Å². The molecule has 0 saturated heterocycles. The average Bonchev–Trinajstić information content (AvgIpc) is 2.84. The van der Waals surface area contributed by atoms with Crippen LogP contribution in [0.1, 0.15) is 52.6 Å². The maximum absolute atomic E-state index is 12.7. The third kappa shape index (κ3) is 5.38. The van der Waals surface area contributed by atoms with Crippen molar-refractivity contribution in [2.24, 2.45) is 5.10 Å². The van der Waals surface area contributed by atoms with E-state index in [9.17, 15) is 9.59 Å². The summed E-state index contributed by atoms with van der Waals surface area (Å²) >= 11 is 0. The number of esters is 1. The van der Waals surface area contributed by atoms with Gasteiger partial charge < -0.3 is 4.74 Å². The van der Waals surface area contributed by atoms with Gasteiger partial charge in [0.05, 0.1) is 11.8 Å². The van der Waals surface area contributed by atoms with Crippen molar-refractivity contribution in [3.8, 4) is 5.75 Å². The first kappa shape index (κ1) is 22.9. The number of hydrogen-bond donors (Lipinski definition) is 1. The number of carbonyl (C=O) groups is 2. The molecule has 1 amide bonds. The van der Waals surface area contributed by atoms with E-state index in [0.717, 1.165) is 21.9 Å². The lowest BCUT2D eigenvalue weighted by atomic mass is 9.87. The summed E-state index contributed by atoms with van der Waals surface area (Å²) in [5.41, 5.74) is 5.54.